The van der Waals surface area contributed by atoms with Crippen molar-refractivity contribution in [3.63, 3.8) is 0 Å². The Morgan fingerprint density at radius 1 is 1.12 bits per heavy atom. The van der Waals surface area contributed by atoms with Crippen LogP contribution < -0.4 is 10.1 Å². The number of hydrogen-bond acceptors (Lipinski definition) is 3. The highest BCUT2D eigenvalue weighted by Gasteiger charge is 2.12. The smallest absolute Gasteiger partial charge is 0.234 e. The summed E-state index contributed by atoms with van der Waals surface area (Å²) in [4.78, 5) is 14.4. The Morgan fingerprint density at radius 2 is 1.81 bits per heavy atom. The summed E-state index contributed by atoms with van der Waals surface area (Å²) in [6.45, 7) is 9.93. The van der Waals surface area contributed by atoms with Gasteiger partial charge in [-0.05, 0) is 69.1 Å². The molecule has 1 unspecified atom stereocenters. The van der Waals surface area contributed by atoms with Crippen molar-refractivity contribution in [2.45, 2.75) is 40.3 Å². The van der Waals surface area contributed by atoms with Gasteiger partial charge in [0, 0.05) is 6.54 Å². The lowest BCUT2D eigenvalue weighted by Crippen LogP contribution is -2.36. The molecule has 4 nitrogen and oxygen atoms in total. The molecule has 0 aromatic heterocycles. The fourth-order valence-corrected chi connectivity index (χ4v) is 2.87. The molecule has 2 aromatic carbocycles. The third-order valence-corrected chi connectivity index (χ3v) is 4.51. The normalized spacial score (nSPS) is 12.1. The maximum atomic E-state index is 12.3. The van der Waals surface area contributed by atoms with Crippen LogP contribution in [0.5, 0.6) is 5.75 Å². The number of ether oxygens (including phenoxy) is 1. The standard InChI is InChI=1S/C22H30N2O2/c1-6-26-21-11-8-19(9-12-21)14-24(5)15-22(25)23-18(4)20-10-7-16(2)17(3)13-20/h7-13,18H,6,14-15H2,1-5H3,(H,23,25). The molecule has 26 heavy (non-hydrogen) atoms. The number of nitrogens with zero attached hydrogens (tertiary/aromatic N) is 1. The molecule has 2 aromatic rings. The van der Waals surface area contributed by atoms with Crippen molar-refractivity contribution in [1.82, 2.24) is 10.2 Å². The van der Waals surface area contributed by atoms with Gasteiger partial charge in [-0.25, -0.2) is 0 Å². The van der Waals surface area contributed by atoms with Gasteiger partial charge in [0.15, 0.2) is 0 Å². The highest BCUT2D eigenvalue weighted by atomic mass is 16.5. The molecule has 140 valence electrons. The topological polar surface area (TPSA) is 41.6 Å². The van der Waals surface area contributed by atoms with E-state index in [2.05, 4.69) is 37.4 Å². The van der Waals surface area contributed by atoms with Crippen LogP contribution in [0.1, 0.15) is 42.1 Å². The lowest BCUT2D eigenvalue weighted by Gasteiger charge is -2.20. The van der Waals surface area contributed by atoms with Gasteiger partial charge < -0.3 is 10.1 Å². The molecule has 0 saturated heterocycles. The average Bonchev–Trinajstić information content (AvgIpc) is 2.59. The third-order valence-electron chi connectivity index (χ3n) is 4.51. The molecule has 4 heteroatoms. The minimum atomic E-state index is 0.000626. The Morgan fingerprint density at radius 3 is 2.42 bits per heavy atom. The molecule has 0 aliphatic rings. The lowest BCUT2D eigenvalue weighted by molar-refractivity contribution is -0.122. The maximum absolute atomic E-state index is 12.3. The summed E-state index contributed by atoms with van der Waals surface area (Å²) in [7, 11) is 1.96. The van der Waals surface area contributed by atoms with Crippen molar-refractivity contribution < 1.29 is 9.53 Å². The first-order valence-electron chi connectivity index (χ1n) is 9.15. The summed E-state index contributed by atoms with van der Waals surface area (Å²) in [6.07, 6.45) is 0. The second kappa shape index (κ2) is 9.39. The van der Waals surface area contributed by atoms with E-state index < -0.39 is 0 Å². The van der Waals surface area contributed by atoms with E-state index >= 15 is 0 Å². The Balaban J connectivity index is 1.85. The summed E-state index contributed by atoms with van der Waals surface area (Å²) in [5.74, 6) is 0.906. The van der Waals surface area contributed by atoms with Gasteiger partial charge in [0.1, 0.15) is 5.75 Å². The van der Waals surface area contributed by atoms with E-state index in [1.54, 1.807) is 0 Å². The van der Waals surface area contributed by atoms with Gasteiger partial charge in [-0.2, -0.15) is 0 Å². The molecule has 0 bridgehead atoms. The fraction of sp³-hybridized carbons (Fsp3) is 0.409. The van der Waals surface area contributed by atoms with Gasteiger partial charge in [-0.15, -0.1) is 0 Å². The molecule has 1 N–H and O–H groups in total. The summed E-state index contributed by atoms with van der Waals surface area (Å²) in [5, 5.41) is 3.08. The second-order valence-corrected chi connectivity index (χ2v) is 6.88. The Kier molecular flexibility index (Phi) is 7.22. The zero-order valence-corrected chi connectivity index (χ0v) is 16.5. The molecule has 1 atom stereocenters. The Bertz CT molecular complexity index is 725. The van der Waals surface area contributed by atoms with Gasteiger partial charge in [0.2, 0.25) is 5.91 Å². The van der Waals surface area contributed by atoms with Crippen LogP contribution in [0, 0.1) is 13.8 Å². The lowest BCUT2D eigenvalue weighted by atomic mass is 10.0. The first kappa shape index (κ1) is 20.0. The third kappa shape index (κ3) is 5.88. The maximum Gasteiger partial charge on any atom is 0.234 e. The Hall–Kier alpha value is -2.33. The zero-order chi connectivity index (χ0) is 19.1. The van der Waals surface area contributed by atoms with Crippen molar-refractivity contribution >= 4 is 5.91 Å². The predicted molar refractivity (Wildman–Crippen MR) is 106 cm³/mol. The van der Waals surface area contributed by atoms with E-state index in [4.69, 9.17) is 4.74 Å². The van der Waals surface area contributed by atoms with Gasteiger partial charge in [-0.1, -0.05) is 30.3 Å². The number of nitrogens with one attached hydrogen (secondary N) is 1. The molecule has 0 aliphatic heterocycles. The van der Waals surface area contributed by atoms with Crippen LogP contribution in [0.2, 0.25) is 0 Å². The molecule has 1 amide bonds. The number of carbonyl (C=O) groups is 1. The van der Waals surface area contributed by atoms with Crippen molar-refractivity contribution in [2.24, 2.45) is 0 Å². The number of carbonyl (C=O) groups excluding carboxylic acids is 1. The highest BCUT2D eigenvalue weighted by molar-refractivity contribution is 5.78. The largest absolute Gasteiger partial charge is 0.494 e. The predicted octanol–water partition coefficient (Wildman–Crippen LogP) is 4.01. The number of likely N-dealkylation sites (N-methyl/N-ethyl adjacent to an activating group) is 1. The van der Waals surface area contributed by atoms with E-state index in [0.29, 0.717) is 13.2 Å². The number of aryl methyl sites for hydroxylation is 2. The number of hydrogen-bond donors (Lipinski definition) is 1. The van der Waals surface area contributed by atoms with Crippen molar-refractivity contribution in [3.8, 4) is 5.75 Å². The number of rotatable bonds is 8. The van der Waals surface area contributed by atoms with Crippen LogP contribution in [0.4, 0.5) is 0 Å². The molecule has 0 radical (unpaired) electrons. The van der Waals surface area contributed by atoms with Crippen LogP contribution in [-0.2, 0) is 11.3 Å². The summed E-state index contributed by atoms with van der Waals surface area (Å²) < 4.78 is 5.45. The van der Waals surface area contributed by atoms with Crippen LogP contribution in [0.15, 0.2) is 42.5 Å². The zero-order valence-electron chi connectivity index (χ0n) is 16.5. The van der Waals surface area contributed by atoms with E-state index in [9.17, 15) is 4.79 Å². The van der Waals surface area contributed by atoms with Crippen molar-refractivity contribution in [2.75, 3.05) is 20.2 Å². The minimum Gasteiger partial charge on any atom is -0.494 e. The number of amides is 1. The van der Waals surface area contributed by atoms with Gasteiger partial charge in [0.05, 0.1) is 19.2 Å². The monoisotopic (exact) mass is 354 g/mol. The first-order chi connectivity index (χ1) is 12.4. The van der Waals surface area contributed by atoms with Gasteiger partial charge in [-0.3, -0.25) is 9.69 Å². The molecule has 0 aliphatic carbocycles. The van der Waals surface area contributed by atoms with Gasteiger partial charge in [0.25, 0.3) is 0 Å². The van der Waals surface area contributed by atoms with E-state index in [1.165, 1.54) is 11.1 Å². The van der Waals surface area contributed by atoms with Crippen LogP contribution >= 0.6 is 0 Å². The quantitative estimate of drug-likeness (QED) is 0.779. The molecule has 0 fully saturated rings. The molecule has 2 rings (SSSR count). The molecular weight excluding hydrogens is 324 g/mol. The summed E-state index contributed by atoms with van der Waals surface area (Å²) in [6, 6.07) is 14.3. The number of benzene rings is 2. The minimum absolute atomic E-state index is 0.000626. The van der Waals surface area contributed by atoms with Crippen molar-refractivity contribution in [1.29, 1.82) is 0 Å². The van der Waals surface area contributed by atoms with E-state index in [1.807, 2.05) is 50.1 Å². The van der Waals surface area contributed by atoms with Crippen molar-refractivity contribution in [3.05, 3.63) is 64.7 Å². The highest BCUT2D eigenvalue weighted by Crippen LogP contribution is 2.17. The van der Waals surface area contributed by atoms with Gasteiger partial charge >= 0.3 is 0 Å². The fourth-order valence-electron chi connectivity index (χ4n) is 2.87. The van der Waals surface area contributed by atoms with E-state index in [0.717, 1.165) is 23.4 Å². The summed E-state index contributed by atoms with van der Waals surface area (Å²) in [5.41, 5.74) is 4.81. The van der Waals surface area contributed by atoms with Crippen LogP contribution in [0.3, 0.4) is 0 Å². The molecule has 0 heterocycles. The van der Waals surface area contributed by atoms with Crippen LogP contribution in [0.25, 0.3) is 0 Å². The molecule has 0 spiro atoms. The average molecular weight is 354 g/mol. The molecule has 0 saturated carbocycles. The molecular formula is C22H30N2O2. The Labute approximate surface area is 157 Å². The first-order valence-corrected chi connectivity index (χ1v) is 9.15. The second-order valence-electron chi connectivity index (χ2n) is 6.88. The van der Waals surface area contributed by atoms with E-state index in [-0.39, 0.29) is 11.9 Å². The van der Waals surface area contributed by atoms with Crippen LogP contribution in [-0.4, -0.2) is 31.0 Å². The SMILES string of the molecule is CCOc1ccc(CN(C)CC(=O)NC(C)c2ccc(C)c(C)c2)cc1. The summed E-state index contributed by atoms with van der Waals surface area (Å²) >= 11 is 0.